The van der Waals surface area contributed by atoms with Gasteiger partial charge in [-0.15, -0.1) is 0 Å². The molecule has 0 radical (unpaired) electrons. The van der Waals surface area contributed by atoms with Gasteiger partial charge in [0.25, 0.3) is 5.69 Å². The van der Waals surface area contributed by atoms with Crippen LogP contribution in [0.4, 0.5) is 5.69 Å². The third kappa shape index (κ3) is 3.19. The number of hydrogen-bond donors (Lipinski definition) is 1. The van der Waals surface area contributed by atoms with Crippen molar-refractivity contribution >= 4 is 29.1 Å². The van der Waals surface area contributed by atoms with Crippen molar-refractivity contribution in [2.75, 3.05) is 0 Å². The Morgan fingerprint density at radius 1 is 1.37 bits per heavy atom. The lowest BCUT2D eigenvalue weighted by atomic mass is 10.2. The maximum absolute atomic E-state index is 11.0. The molecule has 19 heavy (non-hydrogen) atoms. The second-order valence-electron chi connectivity index (χ2n) is 3.47. The molecule has 0 aliphatic carbocycles. The molecule has 6 nitrogen and oxygen atoms in total. The number of aliphatic hydroxyl groups excluding tert-OH is 1. The van der Waals surface area contributed by atoms with E-state index in [0.29, 0.717) is 15.5 Å². The second-order valence-corrected chi connectivity index (χ2v) is 4.86. The van der Waals surface area contributed by atoms with Crippen molar-refractivity contribution in [1.82, 2.24) is 9.97 Å². The van der Waals surface area contributed by atoms with E-state index >= 15 is 0 Å². The van der Waals surface area contributed by atoms with Crippen LogP contribution in [0.2, 0.25) is 5.15 Å². The molecule has 2 aromatic rings. The number of nitro benzene ring substituents is 1. The number of nitrogens with zero attached hydrogens (tertiary/aromatic N) is 3. The van der Waals surface area contributed by atoms with Crippen LogP contribution in [0.15, 0.2) is 40.5 Å². The van der Waals surface area contributed by atoms with Gasteiger partial charge in [0, 0.05) is 18.5 Å². The summed E-state index contributed by atoms with van der Waals surface area (Å²) in [7, 11) is 0. The second kappa shape index (κ2) is 5.96. The average Bonchev–Trinajstić information content (AvgIpc) is 2.41. The largest absolute Gasteiger partial charge is 0.392 e. The first kappa shape index (κ1) is 13.7. The van der Waals surface area contributed by atoms with Crippen LogP contribution in [-0.4, -0.2) is 20.0 Å². The molecule has 0 amide bonds. The molecule has 1 heterocycles. The molecule has 0 saturated carbocycles. The number of aromatic nitrogens is 2. The number of rotatable bonds is 4. The summed E-state index contributed by atoms with van der Waals surface area (Å²) in [6, 6.07) is 4.49. The molecule has 0 fully saturated rings. The minimum Gasteiger partial charge on any atom is -0.392 e. The van der Waals surface area contributed by atoms with Crippen molar-refractivity contribution < 1.29 is 10.0 Å². The third-order valence-corrected chi connectivity index (χ3v) is 3.68. The van der Waals surface area contributed by atoms with Gasteiger partial charge in [0.05, 0.1) is 16.4 Å². The Morgan fingerprint density at radius 3 is 2.74 bits per heavy atom. The number of benzene rings is 1. The Morgan fingerprint density at radius 2 is 2.11 bits per heavy atom. The van der Waals surface area contributed by atoms with Gasteiger partial charge in [-0.3, -0.25) is 10.1 Å². The molecule has 0 spiro atoms. The molecule has 0 bridgehead atoms. The van der Waals surface area contributed by atoms with E-state index in [0.717, 1.165) is 11.8 Å². The van der Waals surface area contributed by atoms with Gasteiger partial charge in [0.2, 0.25) is 0 Å². The molecule has 0 aliphatic heterocycles. The van der Waals surface area contributed by atoms with Crippen LogP contribution in [0.1, 0.15) is 5.56 Å². The summed E-state index contributed by atoms with van der Waals surface area (Å²) in [5, 5.41) is 20.6. The van der Waals surface area contributed by atoms with Crippen molar-refractivity contribution in [1.29, 1.82) is 0 Å². The van der Waals surface area contributed by atoms with Crippen LogP contribution in [0.25, 0.3) is 0 Å². The van der Waals surface area contributed by atoms with Gasteiger partial charge >= 0.3 is 0 Å². The van der Waals surface area contributed by atoms with Gasteiger partial charge in [-0.2, -0.15) is 0 Å². The predicted octanol–water partition coefficient (Wildman–Crippen LogP) is 2.68. The molecule has 0 saturated heterocycles. The van der Waals surface area contributed by atoms with E-state index in [1.165, 1.54) is 18.5 Å². The summed E-state index contributed by atoms with van der Waals surface area (Å²) in [6.07, 6.45) is 2.90. The fourth-order valence-electron chi connectivity index (χ4n) is 1.37. The Labute approximate surface area is 117 Å². The molecule has 1 N–H and O–H groups in total. The average molecular weight is 298 g/mol. The topological polar surface area (TPSA) is 89.2 Å². The molecule has 0 atom stereocenters. The summed E-state index contributed by atoms with van der Waals surface area (Å²) < 4.78 is 0. The summed E-state index contributed by atoms with van der Waals surface area (Å²) in [5.41, 5.74) is 0.375. The molecule has 2 rings (SSSR count). The fraction of sp³-hybridized carbons (Fsp3) is 0.0909. The van der Waals surface area contributed by atoms with Gasteiger partial charge in [0.1, 0.15) is 5.03 Å². The zero-order chi connectivity index (χ0) is 13.8. The minimum atomic E-state index is -0.508. The highest BCUT2D eigenvalue weighted by molar-refractivity contribution is 7.99. The van der Waals surface area contributed by atoms with Crippen molar-refractivity contribution in [2.24, 2.45) is 0 Å². The van der Waals surface area contributed by atoms with Gasteiger partial charge < -0.3 is 5.11 Å². The van der Waals surface area contributed by atoms with Gasteiger partial charge in [0.15, 0.2) is 5.15 Å². The number of nitro groups is 1. The Kier molecular flexibility index (Phi) is 4.31. The SMILES string of the molecule is O=[N+]([O-])c1cc(CO)ccc1Sc1nccnc1Cl. The summed E-state index contributed by atoms with van der Waals surface area (Å²) in [6.45, 7) is -0.252. The van der Waals surface area contributed by atoms with E-state index in [1.54, 1.807) is 12.1 Å². The summed E-state index contributed by atoms with van der Waals surface area (Å²) >= 11 is 6.92. The number of halogens is 1. The van der Waals surface area contributed by atoms with Crippen LogP contribution >= 0.6 is 23.4 Å². The summed E-state index contributed by atoms with van der Waals surface area (Å²) in [4.78, 5) is 18.8. The van der Waals surface area contributed by atoms with Crippen LogP contribution < -0.4 is 0 Å². The molecular weight excluding hydrogens is 290 g/mol. The fourth-order valence-corrected chi connectivity index (χ4v) is 2.42. The Bertz CT molecular complexity index is 624. The highest BCUT2D eigenvalue weighted by Crippen LogP contribution is 2.36. The Hall–Kier alpha value is -1.70. The first-order valence-electron chi connectivity index (χ1n) is 5.14. The van der Waals surface area contributed by atoms with Crippen molar-refractivity contribution in [3.05, 3.63) is 51.4 Å². The first-order chi connectivity index (χ1) is 9.11. The lowest BCUT2D eigenvalue weighted by Crippen LogP contribution is -1.94. The van der Waals surface area contributed by atoms with Gasteiger partial charge in [-0.05, 0) is 11.6 Å². The lowest BCUT2D eigenvalue weighted by Gasteiger charge is -2.04. The zero-order valence-corrected chi connectivity index (χ0v) is 11.1. The van der Waals surface area contributed by atoms with E-state index in [1.807, 2.05) is 0 Å². The van der Waals surface area contributed by atoms with Crippen LogP contribution in [0.5, 0.6) is 0 Å². The Balaban J connectivity index is 2.40. The maximum atomic E-state index is 11.0. The molecule has 1 aromatic carbocycles. The van der Waals surface area contributed by atoms with Crippen molar-refractivity contribution in [3.8, 4) is 0 Å². The van der Waals surface area contributed by atoms with E-state index < -0.39 is 4.92 Å². The van der Waals surface area contributed by atoms with E-state index in [-0.39, 0.29) is 17.4 Å². The first-order valence-corrected chi connectivity index (χ1v) is 6.34. The van der Waals surface area contributed by atoms with Gasteiger partial charge in [-0.1, -0.05) is 29.4 Å². The highest BCUT2D eigenvalue weighted by atomic mass is 35.5. The van der Waals surface area contributed by atoms with E-state index in [9.17, 15) is 10.1 Å². The monoisotopic (exact) mass is 297 g/mol. The lowest BCUT2D eigenvalue weighted by molar-refractivity contribution is -0.387. The summed E-state index contributed by atoms with van der Waals surface area (Å²) in [5.74, 6) is 0. The van der Waals surface area contributed by atoms with E-state index in [2.05, 4.69) is 9.97 Å². The molecule has 98 valence electrons. The zero-order valence-electron chi connectivity index (χ0n) is 9.49. The van der Waals surface area contributed by atoms with Crippen LogP contribution in [0.3, 0.4) is 0 Å². The standard InChI is InChI=1S/C11H8ClN3O3S/c12-10-11(14-4-3-13-10)19-9-2-1-7(6-16)5-8(9)15(17)18/h1-5,16H,6H2. The van der Waals surface area contributed by atoms with E-state index in [4.69, 9.17) is 16.7 Å². The van der Waals surface area contributed by atoms with Crippen molar-refractivity contribution in [2.45, 2.75) is 16.5 Å². The number of hydrogen-bond acceptors (Lipinski definition) is 6. The number of aliphatic hydroxyl groups is 1. The van der Waals surface area contributed by atoms with Gasteiger partial charge in [-0.25, -0.2) is 9.97 Å². The quantitative estimate of drug-likeness (QED) is 0.689. The highest BCUT2D eigenvalue weighted by Gasteiger charge is 2.17. The normalized spacial score (nSPS) is 10.4. The molecule has 0 aliphatic rings. The third-order valence-electron chi connectivity index (χ3n) is 2.23. The molecule has 1 aromatic heterocycles. The maximum Gasteiger partial charge on any atom is 0.283 e. The van der Waals surface area contributed by atoms with Crippen LogP contribution in [-0.2, 0) is 6.61 Å². The smallest absolute Gasteiger partial charge is 0.283 e. The van der Waals surface area contributed by atoms with Crippen molar-refractivity contribution in [3.63, 3.8) is 0 Å². The van der Waals surface area contributed by atoms with Crippen LogP contribution in [0, 0.1) is 10.1 Å². The molecule has 8 heteroatoms. The molecule has 0 unspecified atom stereocenters. The molecular formula is C11H8ClN3O3S. The minimum absolute atomic E-state index is 0.0988. The predicted molar refractivity (Wildman–Crippen MR) is 70.2 cm³/mol.